The molecule has 4 heteroatoms. The Bertz CT molecular complexity index is 694. The third-order valence-electron chi connectivity index (χ3n) is 6.37. The van der Waals surface area contributed by atoms with Crippen molar-refractivity contribution < 1.29 is 4.52 Å². The van der Waals surface area contributed by atoms with Crippen LogP contribution in [-0.4, -0.2) is 27.6 Å². The van der Waals surface area contributed by atoms with E-state index in [1.807, 2.05) is 0 Å². The van der Waals surface area contributed by atoms with Crippen LogP contribution in [0.25, 0.3) is 0 Å². The number of hydrogen-bond acceptors (Lipinski definition) is 4. The van der Waals surface area contributed by atoms with Gasteiger partial charge in [0.05, 0.1) is 0 Å². The Balaban J connectivity index is 1.38. The van der Waals surface area contributed by atoms with Crippen LogP contribution in [-0.2, 0) is 6.42 Å². The zero-order valence-corrected chi connectivity index (χ0v) is 14.1. The molecule has 2 aliphatic heterocycles. The van der Waals surface area contributed by atoms with Crippen LogP contribution in [0.15, 0.2) is 34.9 Å². The van der Waals surface area contributed by atoms with Crippen LogP contribution in [0.2, 0.25) is 0 Å². The van der Waals surface area contributed by atoms with Gasteiger partial charge in [-0.1, -0.05) is 41.9 Å². The fraction of sp³-hybridized carbons (Fsp3) is 0.600. The first kappa shape index (κ1) is 14.6. The van der Waals surface area contributed by atoms with Gasteiger partial charge in [0.15, 0.2) is 5.82 Å². The highest BCUT2D eigenvalue weighted by Crippen LogP contribution is 2.48. The van der Waals surface area contributed by atoms with Crippen molar-refractivity contribution >= 4 is 0 Å². The molecule has 0 bridgehead atoms. The van der Waals surface area contributed by atoms with E-state index in [0.717, 1.165) is 30.5 Å². The van der Waals surface area contributed by atoms with E-state index in [2.05, 4.69) is 40.4 Å². The summed E-state index contributed by atoms with van der Waals surface area (Å²) in [5.41, 5.74) is 1.44. The Hall–Kier alpha value is -1.68. The molecule has 1 saturated carbocycles. The number of hydrogen-bond donors (Lipinski definition) is 0. The Morgan fingerprint density at radius 1 is 1.08 bits per heavy atom. The molecule has 3 heterocycles. The fourth-order valence-electron chi connectivity index (χ4n) is 4.89. The summed E-state index contributed by atoms with van der Waals surface area (Å²) in [6.45, 7) is 1.20. The van der Waals surface area contributed by atoms with Crippen molar-refractivity contribution in [1.82, 2.24) is 15.0 Å². The lowest BCUT2D eigenvalue weighted by Crippen LogP contribution is -2.27. The van der Waals surface area contributed by atoms with Gasteiger partial charge in [0.2, 0.25) is 5.89 Å². The van der Waals surface area contributed by atoms with Gasteiger partial charge >= 0.3 is 0 Å². The van der Waals surface area contributed by atoms with Crippen LogP contribution in [0.3, 0.4) is 0 Å². The fourth-order valence-corrected chi connectivity index (χ4v) is 4.89. The first-order valence-electron chi connectivity index (χ1n) is 9.51. The van der Waals surface area contributed by atoms with Crippen molar-refractivity contribution in [3.63, 3.8) is 0 Å². The molecule has 24 heavy (non-hydrogen) atoms. The van der Waals surface area contributed by atoms with Gasteiger partial charge in [-0.3, -0.25) is 4.90 Å². The van der Waals surface area contributed by atoms with Crippen molar-refractivity contribution in [3.8, 4) is 0 Å². The molecule has 2 saturated heterocycles. The highest BCUT2D eigenvalue weighted by Gasteiger charge is 2.46. The standard InChI is InChI=1S/C20H25N3O/c1-2-8-15(9-3-1)18-13-16(17-10-5-11-23(17)18)20-21-19(24-22-20)12-14-6-4-7-14/h1-3,8-9,14,16-18H,4-7,10-13H2/t16-,17+,18-/m0/s1. The first-order chi connectivity index (χ1) is 11.9. The Morgan fingerprint density at radius 3 is 2.75 bits per heavy atom. The van der Waals surface area contributed by atoms with E-state index in [0.29, 0.717) is 18.0 Å². The van der Waals surface area contributed by atoms with Crippen molar-refractivity contribution in [1.29, 1.82) is 0 Å². The maximum atomic E-state index is 5.59. The summed E-state index contributed by atoms with van der Waals surface area (Å²) >= 11 is 0. The summed E-state index contributed by atoms with van der Waals surface area (Å²) < 4.78 is 5.59. The van der Waals surface area contributed by atoms with Gasteiger partial charge < -0.3 is 4.52 Å². The summed E-state index contributed by atoms with van der Waals surface area (Å²) in [5.74, 6) is 3.03. The van der Waals surface area contributed by atoms with Gasteiger partial charge in [-0.25, -0.2) is 0 Å². The van der Waals surface area contributed by atoms with E-state index in [-0.39, 0.29) is 0 Å². The number of rotatable bonds is 4. The van der Waals surface area contributed by atoms with Gasteiger partial charge in [0, 0.05) is 24.4 Å². The van der Waals surface area contributed by atoms with E-state index < -0.39 is 0 Å². The molecular weight excluding hydrogens is 298 g/mol. The van der Waals surface area contributed by atoms with Crippen LogP contribution in [0, 0.1) is 5.92 Å². The minimum absolute atomic E-state index is 0.427. The van der Waals surface area contributed by atoms with Crippen molar-refractivity contribution in [3.05, 3.63) is 47.6 Å². The Morgan fingerprint density at radius 2 is 1.96 bits per heavy atom. The number of aromatic nitrogens is 2. The zero-order valence-electron chi connectivity index (χ0n) is 14.1. The lowest BCUT2D eigenvalue weighted by molar-refractivity contribution is 0.243. The Labute approximate surface area is 143 Å². The predicted molar refractivity (Wildman–Crippen MR) is 91.6 cm³/mol. The topological polar surface area (TPSA) is 42.2 Å². The number of benzene rings is 1. The highest BCUT2D eigenvalue weighted by atomic mass is 16.5. The number of nitrogens with zero attached hydrogens (tertiary/aromatic N) is 3. The highest BCUT2D eigenvalue weighted by molar-refractivity contribution is 5.24. The minimum Gasteiger partial charge on any atom is -0.339 e. The molecule has 0 radical (unpaired) electrons. The van der Waals surface area contributed by atoms with Gasteiger partial charge in [-0.2, -0.15) is 4.98 Å². The third kappa shape index (κ3) is 2.48. The second kappa shape index (κ2) is 5.99. The molecule has 3 aliphatic rings. The van der Waals surface area contributed by atoms with E-state index in [4.69, 9.17) is 9.51 Å². The normalized spacial score (nSPS) is 30.4. The first-order valence-corrected chi connectivity index (χ1v) is 9.51. The maximum Gasteiger partial charge on any atom is 0.226 e. The van der Waals surface area contributed by atoms with E-state index in [1.165, 1.54) is 44.2 Å². The molecule has 0 unspecified atom stereocenters. The third-order valence-corrected chi connectivity index (χ3v) is 6.37. The smallest absolute Gasteiger partial charge is 0.226 e. The van der Waals surface area contributed by atoms with Gasteiger partial charge in [-0.05, 0) is 50.1 Å². The molecule has 3 fully saturated rings. The van der Waals surface area contributed by atoms with Gasteiger partial charge in [0.25, 0.3) is 0 Å². The minimum atomic E-state index is 0.427. The Kier molecular flexibility index (Phi) is 3.66. The lowest BCUT2D eigenvalue weighted by Gasteiger charge is -2.24. The summed E-state index contributed by atoms with van der Waals surface area (Å²) in [6.07, 6.45) is 8.68. The summed E-state index contributed by atoms with van der Waals surface area (Å²) in [5, 5.41) is 4.39. The maximum absolute atomic E-state index is 5.59. The monoisotopic (exact) mass is 323 g/mol. The van der Waals surface area contributed by atoms with Gasteiger partial charge in [0.1, 0.15) is 0 Å². The summed E-state index contributed by atoms with van der Waals surface area (Å²) in [6, 6.07) is 12.0. The molecule has 0 N–H and O–H groups in total. The average molecular weight is 323 g/mol. The molecular formula is C20H25N3O. The molecule has 2 aromatic rings. The lowest BCUT2D eigenvalue weighted by atomic mass is 9.83. The van der Waals surface area contributed by atoms with Crippen LogP contribution >= 0.6 is 0 Å². The predicted octanol–water partition coefficient (Wildman–Crippen LogP) is 4.11. The molecule has 5 rings (SSSR count). The molecule has 4 nitrogen and oxygen atoms in total. The summed E-state index contributed by atoms with van der Waals surface area (Å²) in [7, 11) is 0. The van der Waals surface area contributed by atoms with Crippen molar-refractivity contribution in [2.45, 2.75) is 62.9 Å². The molecule has 3 atom stereocenters. The van der Waals surface area contributed by atoms with Crippen LogP contribution < -0.4 is 0 Å². The number of fused-ring (bicyclic) bond motifs is 1. The quantitative estimate of drug-likeness (QED) is 0.849. The molecule has 1 aromatic heterocycles. The SMILES string of the molecule is c1ccc([C@@H]2C[C@H](c3noc(CC4CCC4)n3)[C@H]3CCCN32)cc1. The van der Waals surface area contributed by atoms with Crippen molar-refractivity contribution in [2.24, 2.45) is 5.92 Å². The van der Waals surface area contributed by atoms with E-state index >= 15 is 0 Å². The van der Waals surface area contributed by atoms with Crippen molar-refractivity contribution in [2.75, 3.05) is 6.54 Å². The largest absolute Gasteiger partial charge is 0.339 e. The second-order valence-corrected chi connectivity index (χ2v) is 7.76. The second-order valence-electron chi connectivity index (χ2n) is 7.76. The van der Waals surface area contributed by atoms with E-state index in [9.17, 15) is 0 Å². The van der Waals surface area contributed by atoms with Crippen LogP contribution in [0.4, 0.5) is 0 Å². The van der Waals surface area contributed by atoms with Crippen LogP contribution in [0.1, 0.15) is 67.8 Å². The zero-order chi connectivity index (χ0) is 15.9. The summed E-state index contributed by atoms with van der Waals surface area (Å²) in [4.78, 5) is 7.48. The van der Waals surface area contributed by atoms with E-state index in [1.54, 1.807) is 0 Å². The molecule has 1 aromatic carbocycles. The van der Waals surface area contributed by atoms with Gasteiger partial charge in [-0.15, -0.1) is 0 Å². The molecule has 0 spiro atoms. The molecule has 1 aliphatic carbocycles. The molecule has 0 amide bonds. The van der Waals surface area contributed by atoms with Crippen LogP contribution in [0.5, 0.6) is 0 Å². The average Bonchev–Trinajstić information content (AvgIpc) is 3.28. The molecule has 126 valence electrons.